The second-order valence-electron chi connectivity index (χ2n) is 8.61. The SMILES string of the molecule is CCOP(=O)(C[C@@]1(O)O[C@@H](C)[C@@H](C)C(OCc2ccccc2)[C@@H]1OCc1ccccc1)OCC. The van der Waals surface area contributed by atoms with E-state index in [2.05, 4.69) is 0 Å². The van der Waals surface area contributed by atoms with Gasteiger partial charge in [0.05, 0.1) is 38.6 Å². The van der Waals surface area contributed by atoms with Crippen LogP contribution in [0, 0.1) is 5.92 Å². The van der Waals surface area contributed by atoms with Crippen LogP contribution in [0.1, 0.15) is 38.8 Å². The lowest BCUT2D eigenvalue weighted by atomic mass is 9.87. The van der Waals surface area contributed by atoms with E-state index in [9.17, 15) is 9.67 Å². The Morgan fingerprint density at radius 3 is 1.88 bits per heavy atom. The van der Waals surface area contributed by atoms with Gasteiger partial charge in [-0.25, -0.2) is 0 Å². The minimum absolute atomic E-state index is 0.0941. The number of rotatable bonds is 12. The van der Waals surface area contributed by atoms with Gasteiger partial charge in [-0.1, -0.05) is 67.6 Å². The first-order valence-corrected chi connectivity index (χ1v) is 13.6. The van der Waals surface area contributed by atoms with E-state index in [1.807, 2.05) is 74.5 Å². The zero-order valence-electron chi connectivity index (χ0n) is 20.5. The molecule has 8 heteroatoms. The van der Waals surface area contributed by atoms with Crippen LogP contribution in [0.5, 0.6) is 0 Å². The number of aliphatic hydroxyl groups is 1. The molecule has 0 aromatic heterocycles. The first kappa shape index (κ1) is 27.0. The van der Waals surface area contributed by atoms with E-state index in [0.717, 1.165) is 11.1 Å². The molecule has 188 valence electrons. The topological polar surface area (TPSA) is 83.5 Å². The van der Waals surface area contributed by atoms with Crippen molar-refractivity contribution in [3.8, 4) is 0 Å². The Morgan fingerprint density at radius 2 is 1.38 bits per heavy atom. The lowest BCUT2D eigenvalue weighted by Gasteiger charge is -2.49. The lowest BCUT2D eigenvalue weighted by molar-refractivity contribution is -0.340. The summed E-state index contributed by atoms with van der Waals surface area (Å²) in [5.74, 6) is -2.02. The maximum Gasteiger partial charge on any atom is 0.336 e. The van der Waals surface area contributed by atoms with Crippen molar-refractivity contribution < 1.29 is 32.9 Å². The van der Waals surface area contributed by atoms with E-state index >= 15 is 0 Å². The van der Waals surface area contributed by atoms with Gasteiger partial charge in [-0.05, 0) is 31.9 Å². The molecule has 1 N–H and O–H groups in total. The van der Waals surface area contributed by atoms with Crippen molar-refractivity contribution in [3.05, 3.63) is 71.8 Å². The second-order valence-corrected chi connectivity index (χ2v) is 10.7. The van der Waals surface area contributed by atoms with Crippen molar-refractivity contribution in [2.24, 2.45) is 5.92 Å². The summed E-state index contributed by atoms with van der Waals surface area (Å²) in [6.45, 7) is 8.29. The highest BCUT2D eigenvalue weighted by molar-refractivity contribution is 7.53. The zero-order chi connectivity index (χ0) is 24.6. The van der Waals surface area contributed by atoms with Gasteiger partial charge in [-0.15, -0.1) is 0 Å². The Morgan fingerprint density at radius 1 is 0.882 bits per heavy atom. The average Bonchev–Trinajstić information content (AvgIpc) is 2.81. The van der Waals surface area contributed by atoms with Gasteiger partial charge in [0.2, 0.25) is 5.79 Å². The summed E-state index contributed by atoms with van der Waals surface area (Å²) >= 11 is 0. The molecule has 2 aromatic carbocycles. The van der Waals surface area contributed by atoms with E-state index in [4.69, 9.17) is 23.3 Å². The number of benzene rings is 2. The van der Waals surface area contributed by atoms with Crippen molar-refractivity contribution in [2.45, 2.75) is 65.0 Å². The van der Waals surface area contributed by atoms with E-state index in [1.54, 1.807) is 13.8 Å². The summed E-state index contributed by atoms with van der Waals surface area (Å²) in [6.07, 6.45) is -2.17. The molecule has 0 aliphatic carbocycles. The molecule has 2 aromatic rings. The molecule has 0 saturated carbocycles. The molecule has 1 fully saturated rings. The maximum absolute atomic E-state index is 13.4. The molecule has 1 saturated heterocycles. The maximum atomic E-state index is 13.4. The van der Waals surface area contributed by atoms with Gasteiger partial charge in [0.25, 0.3) is 0 Å². The van der Waals surface area contributed by atoms with Crippen LogP contribution in [0.4, 0.5) is 0 Å². The fourth-order valence-electron chi connectivity index (χ4n) is 4.21. The number of ether oxygens (including phenoxy) is 3. The van der Waals surface area contributed by atoms with Crippen LogP contribution >= 0.6 is 7.60 Å². The molecule has 0 spiro atoms. The average molecular weight is 493 g/mol. The zero-order valence-corrected chi connectivity index (χ0v) is 21.4. The van der Waals surface area contributed by atoms with E-state index in [1.165, 1.54) is 0 Å². The standard InChI is InChI=1S/C26H37O7P/c1-5-31-34(28,32-6-2)19-26(27)25(30-18-23-15-11-8-12-16-23)24(20(3)21(4)33-26)29-17-22-13-9-7-10-14-22/h7-16,20-21,24-25,27H,5-6,17-19H2,1-4H3/t20-,21+,24?,25+,26-/m1/s1. The highest BCUT2D eigenvalue weighted by atomic mass is 31.2. The Kier molecular flexibility index (Phi) is 9.86. The molecule has 34 heavy (non-hydrogen) atoms. The molecule has 3 rings (SSSR count). The molecule has 0 radical (unpaired) electrons. The van der Waals surface area contributed by atoms with E-state index in [-0.39, 0.29) is 38.0 Å². The quantitative estimate of drug-likeness (QED) is 0.410. The van der Waals surface area contributed by atoms with Crippen molar-refractivity contribution in [3.63, 3.8) is 0 Å². The monoisotopic (exact) mass is 492 g/mol. The third-order valence-corrected chi connectivity index (χ3v) is 8.16. The predicted octanol–water partition coefficient (Wildman–Crippen LogP) is 5.17. The molecule has 1 heterocycles. The molecular weight excluding hydrogens is 455 g/mol. The van der Waals surface area contributed by atoms with Gasteiger partial charge in [0, 0.05) is 5.92 Å². The Labute approximate surface area is 202 Å². The summed E-state index contributed by atoms with van der Waals surface area (Å²) < 4.78 is 43.0. The lowest BCUT2D eigenvalue weighted by Crippen LogP contribution is -2.64. The minimum Gasteiger partial charge on any atom is -0.370 e. The summed E-state index contributed by atoms with van der Waals surface area (Å²) in [6, 6.07) is 19.5. The third-order valence-electron chi connectivity index (χ3n) is 6.02. The van der Waals surface area contributed by atoms with Crippen LogP contribution in [0.15, 0.2) is 60.7 Å². The van der Waals surface area contributed by atoms with Gasteiger partial charge in [0.15, 0.2) is 0 Å². The van der Waals surface area contributed by atoms with Crippen molar-refractivity contribution in [1.82, 2.24) is 0 Å². The van der Waals surface area contributed by atoms with Crippen LogP contribution in [-0.2, 0) is 41.0 Å². The van der Waals surface area contributed by atoms with Crippen LogP contribution in [-0.4, -0.2) is 48.6 Å². The summed E-state index contributed by atoms with van der Waals surface area (Å²) in [5.41, 5.74) is 1.95. The predicted molar refractivity (Wildman–Crippen MR) is 130 cm³/mol. The minimum atomic E-state index is -3.65. The van der Waals surface area contributed by atoms with Gasteiger partial charge < -0.3 is 28.4 Å². The molecular formula is C26H37O7P. The van der Waals surface area contributed by atoms with E-state index in [0.29, 0.717) is 6.61 Å². The summed E-state index contributed by atoms with van der Waals surface area (Å²) in [7, 11) is -3.65. The first-order chi connectivity index (χ1) is 16.3. The van der Waals surface area contributed by atoms with Gasteiger partial charge in [-0.2, -0.15) is 0 Å². The molecule has 1 unspecified atom stereocenters. The fraction of sp³-hybridized carbons (Fsp3) is 0.538. The summed E-state index contributed by atoms with van der Waals surface area (Å²) in [5, 5.41) is 11.8. The van der Waals surface area contributed by atoms with Crippen LogP contribution in [0.25, 0.3) is 0 Å². The van der Waals surface area contributed by atoms with Crippen LogP contribution in [0.3, 0.4) is 0 Å². The highest BCUT2D eigenvalue weighted by Crippen LogP contribution is 2.53. The molecule has 1 aliphatic rings. The molecule has 0 bridgehead atoms. The largest absolute Gasteiger partial charge is 0.370 e. The van der Waals surface area contributed by atoms with Crippen molar-refractivity contribution in [1.29, 1.82) is 0 Å². The Bertz CT molecular complexity index is 900. The molecule has 7 nitrogen and oxygen atoms in total. The summed E-state index contributed by atoms with van der Waals surface area (Å²) in [4.78, 5) is 0. The van der Waals surface area contributed by atoms with Crippen LogP contribution < -0.4 is 0 Å². The van der Waals surface area contributed by atoms with Gasteiger partial charge >= 0.3 is 7.60 Å². The van der Waals surface area contributed by atoms with Gasteiger partial charge in [-0.3, -0.25) is 4.57 Å². The molecule has 1 aliphatic heterocycles. The molecule has 0 amide bonds. The highest BCUT2D eigenvalue weighted by Gasteiger charge is 2.56. The van der Waals surface area contributed by atoms with Crippen molar-refractivity contribution in [2.75, 3.05) is 19.4 Å². The van der Waals surface area contributed by atoms with Crippen molar-refractivity contribution >= 4 is 7.60 Å². The normalized spacial score (nSPS) is 27.6. The van der Waals surface area contributed by atoms with Crippen LogP contribution in [0.2, 0.25) is 0 Å². The first-order valence-electron chi connectivity index (χ1n) is 11.9. The Hall–Kier alpha value is -1.57. The molecule has 5 atom stereocenters. The number of hydrogen-bond acceptors (Lipinski definition) is 7. The second kappa shape index (κ2) is 12.4. The van der Waals surface area contributed by atoms with E-state index < -0.39 is 25.6 Å². The third kappa shape index (κ3) is 6.98. The van der Waals surface area contributed by atoms with Gasteiger partial charge in [0.1, 0.15) is 12.3 Å². The fourth-order valence-corrected chi connectivity index (χ4v) is 6.07. The smallest absolute Gasteiger partial charge is 0.336 e. The Balaban J connectivity index is 1.90. The number of hydrogen-bond donors (Lipinski definition) is 1.